The van der Waals surface area contributed by atoms with Crippen LogP contribution < -0.4 is 0 Å². The fourth-order valence-corrected chi connectivity index (χ4v) is 2.24. The molecule has 0 radical (unpaired) electrons. The second kappa shape index (κ2) is 10.6. The van der Waals surface area contributed by atoms with Crippen LogP contribution in [-0.2, 0) is 0 Å². The van der Waals surface area contributed by atoms with Gasteiger partial charge in [0.2, 0.25) is 0 Å². The van der Waals surface area contributed by atoms with Gasteiger partial charge in [-0.1, -0.05) is 52.4 Å². The molecule has 0 aromatic heterocycles. The maximum absolute atomic E-state index is 4.59. The summed E-state index contributed by atoms with van der Waals surface area (Å²) in [5.41, 5.74) is 1.32. The van der Waals surface area contributed by atoms with Crippen molar-refractivity contribution in [2.24, 2.45) is 11.0 Å². The molecule has 0 spiro atoms. The van der Waals surface area contributed by atoms with E-state index in [9.17, 15) is 0 Å². The first-order valence-electron chi connectivity index (χ1n) is 7.34. The highest BCUT2D eigenvalue weighted by Crippen LogP contribution is 2.19. The predicted molar refractivity (Wildman–Crippen MR) is 78.6 cm³/mol. The van der Waals surface area contributed by atoms with Crippen LogP contribution in [0.3, 0.4) is 0 Å². The van der Waals surface area contributed by atoms with Crippen molar-refractivity contribution in [1.82, 2.24) is 5.01 Å². The minimum atomic E-state index is 0.704. The number of rotatable bonds is 10. The highest BCUT2D eigenvalue weighted by Gasteiger charge is 2.12. The monoisotopic (exact) mass is 240 g/mol. The lowest BCUT2D eigenvalue weighted by atomic mass is 9.91. The number of unbranched alkanes of at least 4 members (excludes halogenated alkanes) is 4. The molecular formula is C15H32N2. The van der Waals surface area contributed by atoms with E-state index in [1.165, 1.54) is 57.1 Å². The smallest absolute Gasteiger partial charge is 0.0380 e. The van der Waals surface area contributed by atoms with Crippen molar-refractivity contribution >= 4 is 5.71 Å². The van der Waals surface area contributed by atoms with E-state index >= 15 is 0 Å². The molecule has 17 heavy (non-hydrogen) atoms. The Kier molecular flexibility index (Phi) is 10.3. The van der Waals surface area contributed by atoms with Crippen molar-refractivity contribution in [3.63, 3.8) is 0 Å². The maximum atomic E-state index is 4.59. The fraction of sp³-hybridized carbons (Fsp3) is 0.933. The Morgan fingerprint density at radius 2 is 1.41 bits per heavy atom. The van der Waals surface area contributed by atoms with Crippen LogP contribution in [0.15, 0.2) is 5.10 Å². The molecule has 0 heterocycles. The van der Waals surface area contributed by atoms with Crippen molar-refractivity contribution in [3.8, 4) is 0 Å². The van der Waals surface area contributed by atoms with Crippen molar-refractivity contribution in [2.75, 3.05) is 14.1 Å². The molecule has 0 amide bonds. The summed E-state index contributed by atoms with van der Waals surface area (Å²) in [6.07, 6.45) is 10.7. The summed E-state index contributed by atoms with van der Waals surface area (Å²) in [4.78, 5) is 0. The van der Waals surface area contributed by atoms with Crippen molar-refractivity contribution in [3.05, 3.63) is 0 Å². The Morgan fingerprint density at radius 3 is 1.76 bits per heavy atom. The second-order valence-corrected chi connectivity index (χ2v) is 5.28. The Bertz CT molecular complexity index is 187. The van der Waals surface area contributed by atoms with Gasteiger partial charge in [0, 0.05) is 19.8 Å². The van der Waals surface area contributed by atoms with Gasteiger partial charge in [-0.15, -0.1) is 0 Å². The molecule has 0 bridgehead atoms. The first kappa shape index (κ1) is 16.5. The molecule has 0 N–H and O–H groups in total. The van der Waals surface area contributed by atoms with E-state index in [0.717, 1.165) is 0 Å². The SMILES string of the molecule is CCCCCC(CCCCC)/C(C)=N/N(C)C. The largest absolute Gasteiger partial charge is 0.303 e. The molecule has 0 aromatic rings. The number of hydrogen-bond donors (Lipinski definition) is 0. The number of hydrazone groups is 1. The highest BCUT2D eigenvalue weighted by molar-refractivity contribution is 5.84. The molecular weight excluding hydrogens is 208 g/mol. The summed E-state index contributed by atoms with van der Waals surface area (Å²) in [6.45, 7) is 6.74. The Hall–Kier alpha value is -0.530. The lowest BCUT2D eigenvalue weighted by Gasteiger charge is -2.18. The molecule has 2 nitrogen and oxygen atoms in total. The molecule has 0 aromatic carbocycles. The first-order valence-corrected chi connectivity index (χ1v) is 7.34. The highest BCUT2D eigenvalue weighted by atomic mass is 15.4. The van der Waals surface area contributed by atoms with Crippen LogP contribution in [0.5, 0.6) is 0 Å². The summed E-state index contributed by atoms with van der Waals surface area (Å²) in [7, 11) is 4.03. The molecule has 0 aliphatic heterocycles. The zero-order valence-electron chi connectivity index (χ0n) is 12.6. The van der Waals surface area contributed by atoms with Gasteiger partial charge < -0.3 is 5.01 Å². The summed E-state index contributed by atoms with van der Waals surface area (Å²) >= 11 is 0. The minimum absolute atomic E-state index is 0.704. The van der Waals surface area contributed by atoms with Crippen LogP contribution in [0.25, 0.3) is 0 Å². The maximum Gasteiger partial charge on any atom is 0.0380 e. The lowest BCUT2D eigenvalue weighted by Crippen LogP contribution is -2.16. The van der Waals surface area contributed by atoms with E-state index in [4.69, 9.17) is 0 Å². The van der Waals surface area contributed by atoms with E-state index in [0.29, 0.717) is 5.92 Å². The molecule has 0 rings (SSSR count). The second-order valence-electron chi connectivity index (χ2n) is 5.28. The molecule has 0 aliphatic carbocycles. The topological polar surface area (TPSA) is 15.6 Å². The average Bonchev–Trinajstić information content (AvgIpc) is 2.26. The van der Waals surface area contributed by atoms with Gasteiger partial charge >= 0.3 is 0 Å². The molecule has 102 valence electrons. The lowest BCUT2D eigenvalue weighted by molar-refractivity contribution is 0.422. The van der Waals surface area contributed by atoms with E-state index in [2.05, 4.69) is 25.9 Å². The van der Waals surface area contributed by atoms with Crippen LogP contribution in [0.1, 0.15) is 72.1 Å². The standard InChI is InChI=1S/C15H32N2/c1-6-8-10-12-15(13-11-9-7-2)14(3)16-17(4)5/h15H,6-13H2,1-5H3/b16-14+. The molecule has 0 unspecified atom stereocenters. The normalized spacial score (nSPS) is 12.2. The summed E-state index contributed by atoms with van der Waals surface area (Å²) in [5.74, 6) is 0.704. The zero-order chi connectivity index (χ0) is 13.1. The number of nitrogens with zero attached hydrogens (tertiary/aromatic N) is 2. The van der Waals surface area contributed by atoms with Crippen LogP contribution in [0.2, 0.25) is 0 Å². The van der Waals surface area contributed by atoms with Gasteiger partial charge in [0.25, 0.3) is 0 Å². The summed E-state index contributed by atoms with van der Waals surface area (Å²) in [5, 5.41) is 6.52. The van der Waals surface area contributed by atoms with Gasteiger partial charge in [-0.2, -0.15) is 5.10 Å². The van der Waals surface area contributed by atoms with Gasteiger partial charge in [-0.25, -0.2) is 0 Å². The summed E-state index contributed by atoms with van der Waals surface area (Å²) < 4.78 is 0. The Labute approximate surface area is 108 Å². The van der Waals surface area contributed by atoms with Gasteiger partial charge in [0.1, 0.15) is 0 Å². The Morgan fingerprint density at radius 1 is 0.941 bits per heavy atom. The van der Waals surface area contributed by atoms with Crippen LogP contribution in [-0.4, -0.2) is 24.8 Å². The summed E-state index contributed by atoms with van der Waals surface area (Å²) in [6, 6.07) is 0. The quantitative estimate of drug-likeness (QED) is 0.307. The average molecular weight is 240 g/mol. The van der Waals surface area contributed by atoms with Crippen LogP contribution >= 0.6 is 0 Å². The van der Waals surface area contributed by atoms with E-state index in [-0.39, 0.29) is 0 Å². The molecule has 0 atom stereocenters. The first-order chi connectivity index (χ1) is 8.11. The van der Waals surface area contributed by atoms with Crippen molar-refractivity contribution in [1.29, 1.82) is 0 Å². The van der Waals surface area contributed by atoms with E-state index in [1.54, 1.807) is 0 Å². The third kappa shape index (κ3) is 9.20. The fourth-order valence-electron chi connectivity index (χ4n) is 2.24. The molecule has 0 fully saturated rings. The van der Waals surface area contributed by atoms with Crippen molar-refractivity contribution < 1.29 is 0 Å². The van der Waals surface area contributed by atoms with Gasteiger partial charge in [0.05, 0.1) is 0 Å². The van der Waals surface area contributed by atoms with Crippen LogP contribution in [0.4, 0.5) is 0 Å². The molecule has 0 aliphatic rings. The van der Waals surface area contributed by atoms with Crippen molar-refractivity contribution in [2.45, 2.75) is 72.1 Å². The molecule has 0 saturated heterocycles. The van der Waals surface area contributed by atoms with Gasteiger partial charge in [-0.3, -0.25) is 0 Å². The number of hydrogen-bond acceptors (Lipinski definition) is 2. The Balaban J connectivity index is 4.17. The zero-order valence-corrected chi connectivity index (χ0v) is 12.6. The predicted octanol–water partition coefficient (Wildman–Crippen LogP) is 4.70. The molecule has 0 saturated carbocycles. The van der Waals surface area contributed by atoms with E-state index in [1.807, 2.05) is 19.1 Å². The molecule has 2 heteroatoms. The third-order valence-electron chi connectivity index (χ3n) is 3.26. The van der Waals surface area contributed by atoms with Gasteiger partial charge in [0.15, 0.2) is 0 Å². The van der Waals surface area contributed by atoms with Crippen LogP contribution in [0, 0.1) is 5.92 Å². The third-order valence-corrected chi connectivity index (χ3v) is 3.26. The minimum Gasteiger partial charge on any atom is -0.303 e. The van der Waals surface area contributed by atoms with E-state index < -0.39 is 0 Å². The van der Waals surface area contributed by atoms with Gasteiger partial charge in [-0.05, 0) is 25.7 Å².